The molecule has 0 aliphatic heterocycles. The molecule has 0 heterocycles. The lowest BCUT2D eigenvalue weighted by Crippen LogP contribution is -2.32. The number of benzene rings is 1. The Hall–Kier alpha value is -1.06. The first-order valence-corrected chi connectivity index (χ1v) is 6.92. The second-order valence-electron chi connectivity index (χ2n) is 4.84. The van der Waals surface area contributed by atoms with E-state index in [-0.39, 0.29) is 18.3 Å². The summed E-state index contributed by atoms with van der Waals surface area (Å²) in [5, 5.41) is 6.22. The van der Waals surface area contributed by atoms with Gasteiger partial charge in [-0.3, -0.25) is 4.79 Å². The Balaban J connectivity index is 0.00000180. The largest absolute Gasteiger partial charge is 0.351 e. The summed E-state index contributed by atoms with van der Waals surface area (Å²) in [6, 6.07) is 6.10. The lowest BCUT2D eigenvalue weighted by atomic mass is 10.1. The van der Waals surface area contributed by atoms with E-state index in [1.807, 2.05) is 6.07 Å². The predicted molar refractivity (Wildman–Crippen MR) is 81.2 cm³/mol. The van der Waals surface area contributed by atoms with Crippen molar-refractivity contribution in [3.8, 4) is 0 Å². The molecule has 0 spiro atoms. The van der Waals surface area contributed by atoms with Crippen molar-refractivity contribution in [1.82, 2.24) is 10.6 Å². The van der Waals surface area contributed by atoms with E-state index in [9.17, 15) is 4.79 Å². The van der Waals surface area contributed by atoms with E-state index in [4.69, 9.17) is 0 Å². The van der Waals surface area contributed by atoms with Gasteiger partial charge in [-0.15, -0.1) is 12.4 Å². The number of nitrogens with one attached hydrogen (secondary N) is 2. The highest BCUT2D eigenvalue weighted by Gasteiger charge is 2.13. The third-order valence-electron chi connectivity index (χ3n) is 3.37. The van der Waals surface area contributed by atoms with E-state index in [0.717, 1.165) is 37.9 Å². The van der Waals surface area contributed by atoms with Gasteiger partial charge in [0, 0.05) is 18.7 Å². The fourth-order valence-corrected chi connectivity index (χ4v) is 2.38. The molecule has 1 aromatic rings. The molecule has 19 heavy (non-hydrogen) atoms. The van der Waals surface area contributed by atoms with Gasteiger partial charge in [0.05, 0.1) is 0 Å². The van der Waals surface area contributed by atoms with E-state index in [1.54, 1.807) is 0 Å². The molecular formula is C15H23ClN2O. The molecule has 3 nitrogen and oxygen atoms in total. The molecule has 0 radical (unpaired) electrons. The maximum atomic E-state index is 11.9. The first kappa shape index (κ1) is 16.0. The van der Waals surface area contributed by atoms with Gasteiger partial charge in [-0.2, -0.15) is 0 Å². The van der Waals surface area contributed by atoms with Crippen molar-refractivity contribution in [1.29, 1.82) is 0 Å². The van der Waals surface area contributed by atoms with E-state index in [0.29, 0.717) is 6.54 Å². The standard InChI is InChI=1S/C15H22N2O.ClH/c1-2-8-16-9-10-17-15(18)14-7-6-12-4-3-5-13(12)11-14;/h6-7,11,16H,2-5,8-10H2,1H3,(H,17,18);1H. The average molecular weight is 283 g/mol. The third-order valence-corrected chi connectivity index (χ3v) is 3.37. The number of halogens is 1. The Bertz CT molecular complexity index is 421. The average Bonchev–Trinajstić information content (AvgIpc) is 2.85. The first-order chi connectivity index (χ1) is 8.81. The van der Waals surface area contributed by atoms with Crippen LogP contribution in [-0.4, -0.2) is 25.5 Å². The van der Waals surface area contributed by atoms with E-state index < -0.39 is 0 Å². The SMILES string of the molecule is CCCNCCNC(=O)c1ccc2c(c1)CCC2.Cl. The van der Waals surface area contributed by atoms with Crippen LogP contribution in [0.15, 0.2) is 18.2 Å². The molecule has 4 heteroatoms. The van der Waals surface area contributed by atoms with Crippen molar-refractivity contribution in [3.05, 3.63) is 34.9 Å². The van der Waals surface area contributed by atoms with Gasteiger partial charge >= 0.3 is 0 Å². The number of hydrogen-bond acceptors (Lipinski definition) is 2. The second kappa shape index (κ2) is 8.18. The molecule has 2 N–H and O–H groups in total. The van der Waals surface area contributed by atoms with Gasteiger partial charge in [0.1, 0.15) is 0 Å². The van der Waals surface area contributed by atoms with Crippen molar-refractivity contribution < 1.29 is 4.79 Å². The summed E-state index contributed by atoms with van der Waals surface area (Å²) in [5.41, 5.74) is 3.56. The number of aryl methyl sites for hydroxylation is 2. The second-order valence-corrected chi connectivity index (χ2v) is 4.84. The predicted octanol–water partition coefficient (Wildman–Crippen LogP) is 2.33. The zero-order valence-corrected chi connectivity index (χ0v) is 12.3. The van der Waals surface area contributed by atoms with Crippen molar-refractivity contribution in [3.63, 3.8) is 0 Å². The number of hydrogen-bond donors (Lipinski definition) is 2. The Morgan fingerprint density at radius 3 is 2.74 bits per heavy atom. The third kappa shape index (κ3) is 4.51. The van der Waals surface area contributed by atoms with Crippen LogP contribution in [-0.2, 0) is 12.8 Å². The zero-order valence-electron chi connectivity index (χ0n) is 11.5. The van der Waals surface area contributed by atoms with Gasteiger partial charge in [-0.1, -0.05) is 13.0 Å². The van der Waals surface area contributed by atoms with Crippen molar-refractivity contribution in [2.45, 2.75) is 32.6 Å². The van der Waals surface area contributed by atoms with Crippen LogP contribution in [0.1, 0.15) is 41.3 Å². The summed E-state index contributed by atoms with van der Waals surface area (Å²) in [6.45, 7) is 4.67. The summed E-state index contributed by atoms with van der Waals surface area (Å²) in [7, 11) is 0. The van der Waals surface area contributed by atoms with Crippen LogP contribution in [0.25, 0.3) is 0 Å². The molecule has 1 aromatic carbocycles. The fraction of sp³-hybridized carbons (Fsp3) is 0.533. The minimum atomic E-state index is 0. The van der Waals surface area contributed by atoms with Gasteiger partial charge in [0.15, 0.2) is 0 Å². The Kier molecular flexibility index (Phi) is 6.89. The molecule has 1 amide bonds. The molecule has 0 atom stereocenters. The molecule has 2 rings (SSSR count). The van der Waals surface area contributed by atoms with Crippen molar-refractivity contribution >= 4 is 18.3 Å². The minimum Gasteiger partial charge on any atom is -0.351 e. The quantitative estimate of drug-likeness (QED) is 0.787. The highest BCUT2D eigenvalue weighted by molar-refractivity contribution is 5.94. The lowest BCUT2D eigenvalue weighted by Gasteiger charge is -2.07. The first-order valence-electron chi connectivity index (χ1n) is 6.92. The van der Waals surface area contributed by atoms with E-state index >= 15 is 0 Å². The Labute approximate surface area is 121 Å². The van der Waals surface area contributed by atoms with Gasteiger partial charge in [-0.25, -0.2) is 0 Å². The fourth-order valence-electron chi connectivity index (χ4n) is 2.38. The Morgan fingerprint density at radius 1 is 1.16 bits per heavy atom. The van der Waals surface area contributed by atoms with Gasteiger partial charge in [0.2, 0.25) is 0 Å². The van der Waals surface area contributed by atoms with Crippen molar-refractivity contribution in [2.75, 3.05) is 19.6 Å². The maximum Gasteiger partial charge on any atom is 0.251 e. The molecule has 0 unspecified atom stereocenters. The number of fused-ring (bicyclic) bond motifs is 1. The minimum absolute atomic E-state index is 0. The highest BCUT2D eigenvalue weighted by atomic mass is 35.5. The summed E-state index contributed by atoms with van der Waals surface area (Å²) in [6.07, 6.45) is 4.63. The molecular weight excluding hydrogens is 260 g/mol. The number of carbonyl (C=O) groups is 1. The Morgan fingerprint density at radius 2 is 1.95 bits per heavy atom. The smallest absolute Gasteiger partial charge is 0.251 e. The van der Waals surface area contributed by atoms with Crippen molar-refractivity contribution in [2.24, 2.45) is 0 Å². The number of carbonyl (C=O) groups excluding carboxylic acids is 1. The molecule has 1 aliphatic rings. The highest BCUT2D eigenvalue weighted by Crippen LogP contribution is 2.22. The summed E-state index contributed by atoms with van der Waals surface area (Å²) >= 11 is 0. The van der Waals surface area contributed by atoms with Gasteiger partial charge in [-0.05, 0) is 55.5 Å². The van der Waals surface area contributed by atoms with Crippen LogP contribution in [0.4, 0.5) is 0 Å². The molecule has 0 saturated carbocycles. The molecule has 0 aromatic heterocycles. The molecule has 0 bridgehead atoms. The van der Waals surface area contributed by atoms with Crippen LogP contribution in [0.3, 0.4) is 0 Å². The van der Waals surface area contributed by atoms with E-state index in [2.05, 4.69) is 29.7 Å². The van der Waals surface area contributed by atoms with Crippen LogP contribution >= 0.6 is 12.4 Å². The van der Waals surface area contributed by atoms with Crippen LogP contribution in [0.5, 0.6) is 0 Å². The normalized spacial score (nSPS) is 12.7. The van der Waals surface area contributed by atoms with Crippen LogP contribution < -0.4 is 10.6 Å². The summed E-state index contributed by atoms with van der Waals surface area (Å²) in [4.78, 5) is 11.9. The zero-order chi connectivity index (χ0) is 12.8. The topological polar surface area (TPSA) is 41.1 Å². The van der Waals surface area contributed by atoms with E-state index in [1.165, 1.54) is 17.5 Å². The van der Waals surface area contributed by atoms with Crippen LogP contribution in [0.2, 0.25) is 0 Å². The number of rotatable bonds is 6. The maximum absolute atomic E-state index is 11.9. The number of amides is 1. The summed E-state index contributed by atoms with van der Waals surface area (Å²) in [5.74, 6) is 0.0444. The molecule has 1 aliphatic carbocycles. The summed E-state index contributed by atoms with van der Waals surface area (Å²) < 4.78 is 0. The lowest BCUT2D eigenvalue weighted by molar-refractivity contribution is 0.0954. The van der Waals surface area contributed by atoms with Gasteiger partial charge in [0.25, 0.3) is 5.91 Å². The van der Waals surface area contributed by atoms with Crippen LogP contribution in [0, 0.1) is 0 Å². The monoisotopic (exact) mass is 282 g/mol. The van der Waals surface area contributed by atoms with Gasteiger partial charge < -0.3 is 10.6 Å². The molecule has 0 saturated heterocycles. The molecule has 106 valence electrons. The molecule has 0 fully saturated rings.